The molecule has 2 unspecified atom stereocenters. The second kappa shape index (κ2) is 13.9. The molecule has 2 atom stereocenters. The van der Waals surface area contributed by atoms with Crippen molar-refractivity contribution in [1.29, 1.82) is 0 Å². The summed E-state index contributed by atoms with van der Waals surface area (Å²) in [5.41, 5.74) is 9.42. The molecule has 0 saturated carbocycles. The second-order valence-electron chi connectivity index (χ2n) is 12.1. The molecule has 2 amide bonds. The van der Waals surface area contributed by atoms with Crippen LogP contribution in [0.3, 0.4) is 0 Å². The lowest BCUT2D eigenvalue weighted by Gasteiger charge is -2.36. The Balaban J connectivity index is 1.50. The molecule has 1 aromatic rings. The Hall–Kier alpha value is -3.11. The first-order valence-corrected chi connectivity index (χ1v) is 14.8. The number of carbonyl (C=O) groups excluding carboxylic acids is 2. The third kappa shape index (κ3) is 10.0. The Bertz CT molecular complexity index is 1190. The number of nitrogens with two attached hydrogens (primary N) is 2. The molecule has 0 aliphatic carbocycles. The zero-order valence-corrected chi connectivity index (χ0v) is 26.0. The molecule has 2 saturated heterocycles. The summed E-state index contributed by atoms with van der Waals surface area (Å²) in [5.74, 6) is 0.0926. The highest BCUT2D eigenvalue weighted by molar-refractivity contribution is 7.17. The molecule has 2 aliphatic rings. The van der Waals surface area contributed by atoms with Crippen LogP contribution in [0.5, 0.6) is 5.75 Å². The van der Waals surface area contributed by atoms with Crippen molar-refractivity contribution in [3.8, 4) is 5.75 Å². The summed E-state index contributed by atoms with van der Waals surface area (Å²) in [5, 5.41) is 16.4. The monoisotopic (exact) mass is 610 g/mol. The third-order valence-electron chi connectivity index (χ3n) is 7.27. The molecule has 234 valence electrons. The molecule has 0 spiro atoms. The normalized spacial score (nSPS) is 20.1. The number of nitrogens with zero attached hydrogens (tertiary/aromatic N) is 2. The summed E-state index contributed by atoms with van der Waals surface area (Å²) in [7, 11) is 1.44. The van der Waals surface area contributed by atoms with Crippen LogP contribution in [0.25, 0.3) is 5.70 Å². The van der Waals surface area contributed by atoms with E-state index in [1.165, 1.54) is 21.4 Å². The molecule has 0 aromatic heterocycles. The summed E-state index contributed by atoms with van der Waals surface area (Å²) in [6.45, 7) is 10.1. The molecule has 10 nitrogen and oxygen atoms in total. The van der Waals surface area contributed by atoms with Gasteiger partial charge in [0.25, 0.3) is 5.66 Å². The number of allylic oxidation sites excluding steroid dienone is 2. The van der Waals surface area contributed by atoms with Crippen LogP contribution in [0.15, 0.2) is 35.7 Å². The van der Waals surface area contributed by atoms with Crippen molar-refractivity contribution < 1.29 is 28.2 Å². The summed E-state index contributed by atoms with van der Waals surface area (Å²) in [4.78, 5) is 29.0. The molecule has 3 rings (SSSR count). The first kappa shape index (κ1) is 33.4. The third-order valence-corrected chi connectivity index (χ3v) is 7.61. The molecule has 2 heterocycles. The summed E-state index contributed by atoms with van der Waals surface area (Å²) < 4.78 is 32.4. The number of ether oxygens (including phenoxy) is 1. The van der Waals surface area contributed by atoms with E-state index in [1.54, 1.807) is 13.0 Å². The van der Waals surface area contributed by atoms with Gasteiger partial charge in [0.15, 0.2) is 0 Å². The average molecular weight is 611 g/mol. The van der Waals surface area contributed by atoms with E-state index < -0.39 is 17.4 Å². The highest BCUT2D eigenvalue weighted by Gasteiger charge is 2.29. The molecule has 2 fully saturated rings. The lowest BCUT2D eigenvalue weighted by atomic mass is 10.0. The number of alkyl carbamates (subject to hydrolysis) is 1. The van der Waals surface area contributed by atoms with Gasteiger partial charge in [-0.2, -0.15) is 8.78 Å². The van der Waals surface area contributed by atoms with Crippen molar-refractivity contribution in [2.24, 2.45) is 11.5 Å². The molecule has 7 N–H and O–H groups in total. The van der Waals surface area contributed by atoms with E-state index >= 15 is 0 Å². The van der Waals surface area contributed by atoms with Crippen molar-refractivity contribution in [1.82, 2.24) is 20.4 Å². The number of hydrogen-bond acceptors (Lipinski definition) is 8. The van der Waals surface area contributed by atoms with Gasteiger partial charge in [0, 0.05) is 48.5 Å². The molecule has 42 heavy (non-hydrogen) atoms. The first-order chi connectivity index (χ1) is 19.5. The number of halogens is 2. The summed E-state index contributed by atoms with van der Waals surface area (Å²) in [6, 6.07) is 3.58. The number of likely N-dealkylation sites (tertiary alicyclic amines) is 2. The predicted octanol–water partition coefficient (Wildman–Crippen LogP) is 3.38. The van der Waals surface area contributed by atoms with Gasteiger partial charge in [0.1, 0.15) is 11.4 Å². The fraction of sp³-hybridized carbons (Fsp3) is 0.586. The quantitative estimate of drug-likeness (QED) is 0.223. The number of nitrogens with one attached hydrogen (secondary N) is 2. The maximum Gasteiger partial charge on any atom is 0.407 e. The zero-order valence-electron chi connectivity index (χ0n) is 24.9. The van der Waals surface area contributed by atoms with Gasteiger partial charge >= 0.3 is 6.09 Å². The number of carbonyl (C=O) groups is 2. The fourth-order valence-electron chi connectivity index (χ4n) is 5.12. The molecule has 1 aromatic carbocycles. The first-order valence-electron chi connectivity index (χ1n) is 14.2. The van der Waals surface area contributed by atoms with E-state index in [0.29, 0.717) is 50.4 Å². The smallest absolute Gasteiger partial charge is 0.407 e. The Morgan fingerprint density at radius 2 is 1.79 bits per heavy atom. The molecule has 2 aliphatic heterocycles. The van der Waals surface area contributed by atoms with E-state index in [-0.39, 0.29) is 40.6 Å². The van der Waals surface area contributed by atoms with E-state index in [2.05, 4.69) is 15.5 Å². The van der Waals surface area contributed by atoms with Gasteiger partial charge in [-0.15, -0.1) is 0 Å². The number of aromatic hydroxyl groups is 1. The highest BCUT2D eigenvalue weighted by atomic mass is 31.0. The highest BCUT2D eigenvalue weighted by Crippen LogP contribution is 2.38. The second-order valence-corrected chi connectivity index (χ2v) is 12.8. The van der Waals surface area contributed by atoms with E-state index in [1.807, 2.05) is 25.7 Å². The van der Waals surface area contributed by atoms with E-state index in [0.717, 1.165) is 25.5 Å². The van der Waals surface area contributed by atoms with Crippen LogP contribution in [-0.4, -0.2) is 77.3 Å². The van der Waals surface area contributed by atoms with E-state index in [9.17, 15) is 23.5 Å². The van der Waals surface area contributed by atoms with Crippen LogP contribution < -0.4 is 22.1 Å². The van der Waals surface area contributed by atoms with Crippen molar-refractivity contribution in [2.45, 2.75) is 76.7 Å². The average Bonchev–Trinajstić information content (AvgIpc) is 2.87. The molecule has 0 radical (unpaired) electrons. The maximum atomic E-state index is 13.5. The number of phenolic OH excluding ortho intramolecular Hbond substituents is 1. The predicted molar refractivity (Wildman–Crippen MR) is 162 cm³/mol. The number of amides is 2. The number of benzene rings is 1. The van der Waals surface area contributed by atoms with Gasteiger partial charge < -0.3 is 36.8 Å². The topological polar surface area (TPSA) is 146 Å². The Morgan fingerprint density at radius 3 is 2.38 bits per heavy atom. The minimum atomic E-state index is -3.16. The zero-order chi connectivity index (χ0) is 31.2. The van der Waals surface area contributed by atoms with Crippen LogP contribution in [0.1, 0.15) is 64.5 Å². The van der Waals surface area contributed by atoms with Gasteiger partial charge in [-0.3, -0.25) is 9.69 Å². The van der Waals surface area contributed by atoms with Crippen molar-refractivity contribution >= 4 is 26.9 Å². The molecular formula is C29H45F2N6O4P. The van der Waals surface area contributed by atoms with Crippen LogP contribution in [0.4, 0.5) is 13.6 Å². The Morgan fingerprint density at radius 1 is 1.12 bits per heavy atom. The van der Waals surface area contributed by atoms with Gasteiger partial charge in [-0.25, -0.2) is 4.79 Å². The SMILES string of the molecule is CC(/C=C(\N)NC1CCCN(CC(=O)N2CCC(NC(=O)OC(C)(C)C)CC2)C1)=C(/N)c1ccc(C(F)(F)P)cc1O. The number of hydrogen-bond donors (Lipinski definition) is 5. The number of phenols is 1. The standard InChI is InChI=1S/C29H45F2N6O4P/c1-18(26(33)22-8-7-19(15-23(22)38)29(30,31)42)14-24(32)34-21-6-5-11-36(16-21)17-25(39)37-12-9-20(10-13-37)35-27(40)41-28(2,3)4/h7-8,14-15,20-21,34,38H,5-6,9-13,16-17,32-33,42H2,1-4H3,(H,35,40)/b24-14+,26-18-. The van der Waals surface area contributed by atoms with Crippen LogP contribution in [-0.2, 0) is 15.2 Å². The van der Waals surface area contributed by atoms with Gasteiger partial charge in [-0.1, -0.05) is 15.3 Å². The number of alkyl halides is 2. The lowest BCUT2D eigenvalue weighted by Crippen LogP contribution is -2.52. The van der Waals surface area contributed by atoms with Gasteiger partial charge in [0.2, 0.25) is 5.91 Å². The summed E-state index contributed by atoms with van der Waals surface area (Å²) in [6.07, 6.45) is 4.35. The van der Waals surface area contributed by atoms with E-state index in [4.69, 9.17) is 16.2 Å². The molecule has 13 heteroatoms. The molecule has 0 bridgehead atoms. The van der Waals surface area contributed by atoms with Crippen LogP contribution in [0.2, 0.25) is 0 Å². The van der Waals surface area contributed by atoms with Crippen LogP contribution in [0, 0.1) is 0 Å². The van der Waals surface area contributed by atoms with Gasteiger partial charge in [-0.05, 0) is 83.7 Å². The largest absolute Gasteiger partial charge is 0.507 e. The Labute approximate surface area is 249 Å². The van der Waals surface area contributed by atoms with Crippen molar-refractivity contribution in [2.75, 3.05) is 32.7 Å². The number of rotatable bonds is 8. The number of piperidine rings is 2. The lowest BCUT2D eigenvalue weighted by molar-refractivity contribution is -0.133. The summed E-state index contributed by atoms with van der Waals surface area (Å²) >= 11 is 0. The van der Waals surface area contributed by atoms with Gasteiger partial charge in [0.05, 0.1) is 12.4 Å². The van der Waals surface area contributed by atoms with Crippen molar-refractivity contribution in [3.63, 3.8) is 0 Å². The Kier molecular flexibility index (Phi) is 11.1. The van der Waals surface area contributed by atoms with Crippen LogP contribution >= 0.6 is 9.24 Å². The molecular weight excluding hydrogens is 565 g/mol. The fourth-order valence-corrected chi connectivity index (χ4v) is 5.30. The minimum absolute atomic E-state index is 0.0164. The van der Waals surface area contributed by atoms with Crippen molar-refractivity contribution in [3.05, 3.63) is 46.8 Å². The maximum absolute atomic E-state index is 13.5. The minimum Gasteiger partial charge on any atom is -0.507 e.